The maximum absolute atomic E-state index is 11.6. The van der Waals surface area contributed by atoms with Crippen LogP contribution < -0.4 is 15.4 Å². The van der Waals surface area contributed by atoms with Crippen molar-refractivity contribution in [3.63, 3.8) is 0 Å². The highest BCUT2D eigenvalue weighted by atomic mass is 79.9. The average molecular weight is 311 g/mol. The largest absolute Gasteiger partial charge is 0.495 e. The second kappa shape index (κ2) is 6.92. The van der Waals surface area contributed by atoms with Gasteiger partial charge in [0, 0.05) is 11.8 Å². The van der Waals surface area contributed by atoms with Crippen LogP contribution >= 0.6 is 15.9 Å². The Morgan fingerprint density at radius 3 is 2.94 bits per heavy atom. The van der Waals surface area contributed by atoms with Gasteiger partial charge in [-0.3, -0.25) is 4.79 Å². The molecule has 1 rings (SSSR count). The van der Waals surface area contributed by atoms with Crippen molar-refractivity contribution in [2.75, 3.05) is 19.0 Å². The summed E-state index contributed by atoms with van der Waals surface area (Å²) in [5.74, 6) is 2.92. The molecule has 1 atom stereocenters. The summed E-state index contributed by atoms with van der Waals surface area (Å²) >= 11 is 3.37. The van der Waals surface area contributed by atoms with E-state index in [1.807, 2.05) is 18.2 Å². The minimum Gasteiger partial charge on any atom is -0.495 e. The summed E-state index contributed by atoms with van der Waals surface area (Å²) in [6.45, 7) is 1.99. The fourth-order valence-corrected chi connectivity index (χ4v) is 1.76. The fourth-order valence-electron chi connectivity index (χ4n) is 1.36. The minimum atomic E-state index is -0.371. The molecule has 18 heavy (non-hydrogen) atoms. The van der Waals surface area contributed by atoms with Crippen LogP contribution in [-0.2, 0) is 4.79 Å². The molecule has 0 aliphatic carbocycles. The van der Waals surface area contributed by atoms with Gasteiger partial charge >= 0.3 is 0 Å². The molecule has 1 amide bonds. The van der Waals surface area contributed by atoms with Crippen LogP contribution in [0.15, 0.2) is 22.7 Å². The van der Waals surface area contributed by atoms with E-state index in [2.05, 4.69) is 32.5 Å². The third-order valence-electron chi connectivity index (χ3n) is 2.29. The highest BCUT2D eigenvalue weighted by Crippen LogP contribution is 2.28. The molecular weight excluding hydrogens is 296 g/mol. The standard InChI is InChI=1S/C13H15BrN2O2/c1-4-7-15-13(17)9(2)16-10-5-6-11(14)12(8-10)18-3/h1,5-6,8-9,16H,7H2,2-3H3,(H,15,17). The number of carbonyl (C=O) groups is 1. The van der Waals surface area contributed by atoms with Crippen LogP contribution in [0.25, 0.3) is 0 Å². The molecule has 4 nitrogen and oxygen atoms in total. The lowest BCUT2D eigenvalue weighted by atomic mass is 10.2. The van der Waals surface area contributed by atoms with Crippen molar-refractivity contribution < 1.29 is 9.53 Å². The number of benzene rings is 1. The third-order valence-corrected chi connectivity index (χ3v) is 2.95. The smallest absolute Gasteiger partial charge is 0.242 e. The Morgan fingerprint density at radius 1 is 1.61 bits per heavy atom. The first-order valence-electron chi connectivity index (χ1n) is 5.39. The Bertz CT molecular complexity index is 469. The fraction of sp³-hybridized carbons (Fsp3) is 0.308. The van der Waals surface area contributed by atoms with Gasteiger partial charge in [-0.15, -0.1) is 6.42 Å². The van der Waals surface area contributed by atoms with Crippen molar-refractivity contribution in [1.82, 2.24) is 5.32 Å². The number of amides is 1. The molecule has 0 heterocycles. The maximum atomic E-state index is 11.6. The monoisotopic (exact) mass is 310 g/mol. The first-order chi connectivity index (χ1) is 8.58. The summed E-state index contributed by atoms with van der Waals surface area (Å²) in [5.41, 5.74) is 0.804. The molecule has 0 bridgehead atoms. The van der Waals surface area contributed by atoms with Gasteiger partial charge in [-0.25, -0.2) is 0 Å². The van der Waals surface area contributed by atoms with E-state index in [4.69, 9.17) is 11.2 Å². The van der Waals surface area contributed by atoms with E-state index >= 15 is 0 Å². The second-order valence-electron chi connectivity index (χ2n) is 3.64. The summed E-state index contributed by atoms with van der Waals surface area (Å²) < 4.78 is 6.04. The van der Waals surface area contributed by atoms with E-state index in [-0.39, 0.29) is 18.5 Å². The molecule has 5 heteroatoms. The summed E-state index contributed by atoms with van der Waals surface area (Å²) in [5, 5.41) is 5.69. The number of methoxy groups -OCH3 is 1. The van der Waals surface area contributed by atoms with Crippen LogP contribution in [0.1, 0.15) is 6.92 Å². The Labute approximate surface area is 115 Å². The van der Waals surface area contributed by atoms with Crippen LogP contribution in [0, 0.1) is 12.3 Å². The van der Waals surface area contributed by atoms with Crippen molar-refractivity contribution in [1.29, 1.82) is 0 Å². The second-order valence-corrected chi connectivity index (χ2v) is 4.49. The van der Waals surface area contributed by atoms with Gasteiger partial charge in [0.2, 0.25) is 5.91 Å². The van der Waals surface area contributed by atoms with Crippen molar-refractivity contribution in [3.05, 3.63) is 22.7 Å². The van der Waals surface area contributed by atoms with E-state index in [0.29, 0.717) is 5.75 Å². The third kappa shape index (κ3) is 3.97. The molecule has 0 saturated heterocycles. The molecular formula is C13H15BrN2O2. The Morgan fingerprint density at radius 2 is 2.33 bits per heavy atom. The predicted molar refractivity (Wildman–Crippen MR) is 75.6 cm³/mol. The van der Waals surface area contributed by atoms with Crippen molar-refractivity contribution in [2.45, 2.75) is 13.0 Å². The molecule has 0 aliphatic rings. The lowest BCUT2D eigenvalue weighted by Crippen LogP contribution is -2.37. The molecule has 0 saturated carbocycles. The molecule has 0 aromatic heterocycles. The molecule has 2 N–H and O–H groups in total. The summed E-state index contributed by atoms with van der Waals surface area (Å²) in [6.07, 6.45) is 5.08. The molecule has 0 spiro atoms. The van der Waals surface area contributed by atoms with Crippen LogP contribution in [-0.4, -0.2) is 25.6 Å². The van der Waals surface area contributed by atoms with Gasteiger partial charge in [-0.05, 0) is 35.0 Å². The van der Waals surface area contributed by atoms with E-state index in [0.717, 1.165) is 10.2 Å². The molecule has 0 aliphatic heterocycles. The van der Waals surface area contributed by atoms with Crippen LogP contribution in [0.5, 0.6) is 5.75 Å². The van der Waals surface area contributed by atoms with Gasteiger partial charge in [0.25, 0.3) is 0 Å². The van der Waals surface area contributed by atoms with Gasteiger partial charge in [-0.1, -0.05) is 5.92 Å². The van der Waals surface area contributed by atoms with Gasteiger partial charge in [0.1, 0.15) is 11.8 Å². The molecule has 0 fully saturated rings. The van der Waals surface area contributed by atoms with Gasteiger partial charge < -0.3 is 15.4 Å². The lowest BCUT2D eigenvalue weighted by molar-refractivity contribution is -0.121. The zero-order chi connectivity index (χ0) is 13.5. The van der Waals surface area contributed by atoms with Crippen LogP contribution in [0.4, 0.5) is 5.69 Å². The number of terminal acetylenes is 1. The van der Waals surface area contributed by atoms with Crippen LogP contribution in [0.2, 0.25) is 0 Å². The number of hydrogen-bond donors (Lipinski definition) is 2. The molecule has 1 aromatic rings. The average Bonchev–Trinajstić information content (AvgIpc) is 2.37. The van der Waals surface area contributed by atoms with Gasteiger partial charge in [0.15, 0.2) is 0 Å². The Hall–Kier alpha value is -1.67. The number of carbonyl (C=O) groups excluding carboxylic acids is 1. The number of anilines is 1. The van der Waals surface area contributed by atoms with Crippen molar-refractivity contribution in [2.24, 2.45) is 0 Å². The van der Waals surface area contributed by atoms with Gasteiger partial charge in [0.05, 0.1) is 18.1 Å². The summed E-state index contributed by atoms with van der Waals surface area (Å²) in [7, 11) is 1.59. The van der Waals surface area contributed by atoms with E-state index in [1.54, 1.807) is 14.0 Å². The minimum absolute atomic E-state index is 0.144. The first-order valence-corrected chi connectivity index (χ1v) is 6.19. The SMILES string of the molecule is C#CCNC(=O)C(C)Nc1ccc(Br)c(OC)c1. The van der Waals surface area contributed by atoms with E-state index in [1.165, 1.54) is 0 Å². The number of hydrogen-bond acceptors (Lipinski definition) is 3. The molecule has 1 unspecified atom stereocenters. The van der Waals surface area contributed by atoms with Gasteiger partial charge in [-0.2, -0.15) is 0 Å². The normalized spacial score (nSPS) is 11.2. The number of nitrogens with one attached hydrogen (secondary N) is 2. The zero-order valence-corrected chi connectivity index (χ0v) is 11.9. The summed E-state index contributed by atoms with van der Waals surface area (Å²) in [4.78, 5) is 11.6. The highest BCUT2D eigenvalue weighted by molar-refractivity contribution is 9.10. The highest BCUT2D eigenvalue weighted by Gasteiger charge is 2.12. The van der Waals surface area contributed by atoms with Crippen molar-refractivity contribution >= 4 is 27.5 Å². The number of rotatable bonds is 5. The predicted octanol–water partition coefficient (Wildman–Crippen LogP) is 2.01. The Kier molecular flexibility index (Phi) is 5.53. The molecule has 0 radical (unpaired) electrons. The number of halogens is 1. The van der Waals surface area contributed by atoms with Crippen molar-refractivity contribution in [3.8, 4) is 18.1 Å². The quantitative estimate of drug-likeness (QED) is 0.818. The molecule has 96 valence electrons. The van der Waals surface area contributed by atoms with Crippen LogP contribution in [0.3, 0.4) is 0 Å². The maximum Gasteiger partial charge on any atom is 0.242 e. The number of ether oxygens (including phenoxy) is 1. The van der Waals surface area contributed by atoms with E-state index < -0.39 is 0 Å². The zero-order valence-electron chi connectivity index (χ0n) is 10.3. The van der Waals surface area contributed by atoms with E-state index in [9.17, 15) is 4.79 Å². The topological polar surface area (TPSA) is 50.4 Å². The molecule has 1 aromatic carbocycles. The first kappa shape index (κ1) is 14.4. The lowest BCUT2D eigenvalue weighted by Gasteiger charge is -2.15. The Balaban J connectivity index is 2.67. The summed E-state index contributed by atoms with van der Waals surface area (Å²) in [6, 6.07) is 5.16.